The van der Waals surface area contributed by atoms with Crippen LogP contribution in [0.4, 0.5) is 11.4 Å². The molecule has 2 unspecified atom stereocenters. The van der Waals surface area contributed by atoms with E-state index in [1.807, 2.05) is 17.4 Å². The first-order valence-electron chi connectivity index (χ1n) is 16.2. The van der Waals surface area contributed by atoms with Crippen molar-refractivity contribution in [3.63, 3.8) is 0 Å². The number of hydrogen-bond acceptors (Lipinski definition) is 3. The van der Waals surface area contributed by atoms with Crippen LogP contribution in [-0.4, -0.2) is 35.2 Å². The van der Waals surface area contributed by atoms with Crippen molar-refractivity contribution in [2.24, 2.45) is 0 Å². The number of carboxylic acids is 2. The first kappa shape index (κ1) is 32.7. The molecule has 0 radical (unpaired) electrons. The Labute approximate surface area is 271 Å². The van der Waals surface area contributed by atoms with Crippen molar-refractivity contribution in [3.05, 3.63) is 120 Å². The molecule has 4 aromatic carbocycles. The standard InChI is InChI=1S/C40H44N2O4/c1-6-39(4,37-30-16-10-8-14-28(30)19-21-32(37)41-25-23-35(43)44)27(3)13-12-18-34-40(5,7-2)38-31-17-11-9-15-29(31)20-22-33(38)42(34)26-24-36(45)46/h8-22,41H,3,6-7,23-26H2,1-2,4-5H3,(H,43,44)(H,45,46)/p+1/b13-12+,34-18+. The Morgan fingerprint density at radius 3 is 2.20 bits per heavy atom. The summed E-state index contributed by atoms with van der Waals surface area (Å²) in [7, 11) is 0. The second-order valence-corrected chi connectivity index (χ2v) is 12.7. The number of fused-ring (bicyclic) bond motifs is 4. The molecule has 0 saturated carbocycles. The summed E-state index contributed by atoms with van der Waals surface area (Å²) in [5, 5.41) is 25.6. The minimum atomic E-state index is -0.819. The van der Waals surface area contributed by atoms with E-state index in [4.69, 9.17) is 0 Å². The maximum absolute atomic E-state index is 11.7. The number of quaternary nitrogens is 1. The summed E-state index contributed by atoms with van der Waals surface area (Å²) < 4.78 is 0. The lowest BCUT2D eigenvalue weighted by Crippen LogP contribution is -2.79. The Hall–Kier alpha value is -4.68. The maximum Gasteiger partial charge on any atom is 0.309 e. The minimum Gasteiger partial charge on any atom is -0.481 e. The largest absolute Gasteiger partial charge is 0.481 e. The Morgan fingerprint density at radius 2 is 1.54 bits per heavy atom. The van der Waals surface area contributed by atoms with Crippen LogP contribution < -0.4 is 10.2 Å². The number of carbonyl (C=O) groups is 2. The average Bonchev–Trinajstić information content (AvgIpc) is 3.30. The molecule has 0 aliphatic carbocycles. The third-order valence-electron chi connectivity index (χ3n) is 10.1. The highest BCUT2D eigenvalue weighted by Crippen LogP contribution is 2.52. The molecule has 0 aromatic heterocycles. The van der Waals surface area contributed by atoms with Gasteiger partial charge in [-0.2, -0.15) is 0 Å². The molecule has 0 amide bonds. The fraction of sp³-hybridized carbons (Fsp3) is 0.300. The predicted molar refractivity (Wildman–Crippen MR) is 188 cm³/mol. The molecule has 6 heteroatoms. The highest BCUT2D eigenvalue weighted by molar-refractivity contribution is 5.95. The van der Waals surface area contributed by atoms with Crippen molar-refractivity contribution in [2.75, 3.05) is 18.0 Å². The molecule has 2 atom stereocenters. The molecular formula is C40H45N2O4+. The number of carboxylic acid groups (broad SMARTS) is 2. The third kappa shape index (κ3) is 5.97. The molecule has 1 heterocycles. The van der Waals surface area contributed by atoms with Gasteiger partial charge in [-0.1, -0.05) is 94.1 Å². The Morgan fingerprint density at radius 1 is 0.913 bits per heavy atom. The molecule has 0 fully saturated rings. The third-order valence-corrected chi connectivity index (χ3v) is 10.1. The summed E-state index contributed by atoms with van der Waals surface area (Å²) in [6, 6.07) is 25.2. The zero-order valence-electron chi connectivity index (χ0n) is 27.3. The summed E-state index contributed by atoms with van der Waals surface area (Å²) in [4.78, 5) is 25.2. The zero-order chi connectivity index (χ0) is 33.1. The number of anilines is 1. The second-order valence-electron chi connectivity index (χ2n) is 12.7. The second kappa shape index (κ2) is 13.4. The first-order valence-corrected chi connectivity index (χ1v) is 16.2. The Balaban J connectivity index is 1.57. The van der Waals surface area contributed by atoms with E-state index in [9.17, 15) is 19.8 Å². The molecule has 1 aliphatic rings. The number of nitrogens with two attached hydrogens (primary N) is 1. The van der Waals surface area contributed by atoms with Gasteiger partial charge in [0.1, 0.15) is 5.69 Å². The van der Waals surface area contributed by atoms with Crippen molar-refractivity contribution >= 4 is 44.9 Å². The number of nitrogens with zero attached hydrogens (tertiary/aromatic N) is 1. The van der Waals surface area contributed by atoms with Crippen molar-refractivity contribution in [2.45, 2.75) is 64.2 Å². The van der Waals surface area contributed by atoms with E-state index >= 15 is 0 Å². The van der Waals surface area contributed by atoms with Crippen LogP contribution in [0, 0.1) is 0 Å². The summed E-state index contributed by atoms with van der Waals surface area (Å²) >= 11 is 0. The molecule has 4 aromatic rings. The molecule has 238 valence electrons. The number of aliphatic carboxylic acids is 2. The zero-order valence-corrected chi connectivity index (χ0v) is 27.3. The van der Waals surface area contributed by atoms with Gasteiger partial charge in [-0.3, -0.25) is 9.59 Å². The number of hydrogen-bond donors (Lipinski definition) is 3. The minimum absolute atomic E-state index is 0.0377. The van der Waals surface area contributed by atoms with Gasteiger partial charge in [0, 0.05) is 34.3 Å². The molecule has 0 saturated heterocycles. The van der Waals surface area contributed by atoms with Gasteiger partial charge in [0.05, 0.1) is 19.4 Å². The average molecular weight is 618 g/mol. The van der Waals surface area contributed by atoms with Crippen LogP contribution in [-0.2, 0) is 20.4 Å². The fourth-order valence-corrected chi connectivity index (χ4v) is 7.13. The fourth-order valence-electron chi connectivity index (χ4n) is 7.13. The monoisotopic (exact) mass is 617 g/mol. The number of rotatable bonds is 13. The van der Waals surface area contributed by atoms with Crippen LogP contribution in [0.5, 0.6) is 0 Å². The van der Waals surface area contributed by atoms with Gasteiger partial charge in [0.15, 0.2) is 0 Å². The van der Waals surface area contributed by atoms with Crippen LogP contribution in [0.3, 0.4) is 0 Å². The normalized spacial score (nSPS) is 18.3. The van der Waals surface area contributed by atoms with Crippen molar-refractivity contribution in [1.29, 1.82) is 0 Å². The van der Waals surface area contributed by atoms with Crippen LogP contribution in [0.2, 0.25) is 0 Å². The van der Waals surface area contributed by atoms with E-state index in [0.717, 1.165) is 51.8 Å². The first-order chi connectivity index (χ1) is 22.0. The van der Waals surface area contributed by atoms with Crippen molar-refractivity contribution < 1.29 is 25.1 Å². The van der Waals surface area contributed by atoms with Crippen LogP contribution >= 0.6 is 0 Å². The molecule has 4 N–H and O–H groups in total. The molecule has 6 nitrogen and oxygen atoms in total. The highest BCUT2D eigenvalue weighted by atomic mass is 16.4. The van der Waals surface area contributed by atoms with Crippen LogP contribution in [0.15, 0.2) is 109 Å². The van der Waals surface area contributed by atoms with E-state index in [2.05, 4.69) is 118 Å². The lowest BCUT2D eigenvalue weighted by atomic mass is 9.71. The summed E-state index contributed by atoms with van der Waals surface area (Å²) in [6.07, 6.45) is 8.08. The molecule has 46 heavy (non-hydrogen) atoms. The Bertz CT molecular complexity index is 1870. The number of allylic oxidation sites excluding steroid dienone is 5. The predicted octanol–water partition coefficient (Wildman–Crippen LogP) is 7.99. The summed E-state index contributed by atoms with van der Waals surface area (Å²) in [5.41, 5.74) is 5.81. The molecule has 0 bridgehead atoms. The van der Waals surface area contributed by atoms with E-state index in [0.29, 0.717) is 13.1 Å². The number of benzene rings is 4. The van der Waals surface area contributed by atoms with Gasteiger partial charge in [0.25, 0.3) is 0 Å². The molecule has 5 rings (SSSR count). The lowest BCUT2D eigenvalue weighted by Gasteiger charge is -2.32. The van der Waals surface area contributed by atoms with E-state index in [1.54, 1.807) is 0 Å². The SMILES string of the molecule is C=C(/C=C/C=C1/N(CCC(=O)O)c2ccc3ccccc3c2C1(C)CC)C(C)(CC)c1c([NH2+]CCC(=O)O)ccc2ccccc12. The van der Waals surface area contributed by atoms with Crippen LogP contribution in [0.25, 0.3) is 21.5 Å². The maximum atomic E-state index is 11.7. The molecule has 1 aliphatic heterocycles. The van der Waals surface area contributed by atoms with Crippen molar-refractivity contribution in [1.82, 2.24) is 0 Å². The highest BCUT2D eigenvalue weighted by Gasteiger charge is 2.43. The van der Waals surface area contributed by atoms with Gasteiger partial charge in [0.2, 0.25) is 0 Å². The van der Waals surface area contributed by atoms with Gasteiger partial charge >= 0.3 is 11.9 Å². The van der Waals surface area contributed by atoms with Gasteiger partial charge in [-0.05, 0) is 76.7 Å². The smallest absolute Gasteiger partial charge is 0.309 e. The van der Waals surface area contributed by atoms with Gasteiger partial charge in [-0.25, -0.2) is 0 Å². The Kier molecular flexibility index (Phi) is 9.50. The lowest BCUT2D eigenvalue weighted by molar-refractivity contribution is -0.571. The summed E-state index contributed by atoms with van der Waals surface area (Å²) in [5.74, 6) is -1.63. The summed E-state index contributed by atoms with van der Waals surface area (Å²) in [6.45, 7) is 14.3. The van der Waals surface area contributed by atoms with E-state index in [1.165, 1.54) is 16.3 Å². The van der Waals surface area contributed by atoms with Gasteiger partial charge < -0.3 is 20.4 Å². The van der Waals surface area contributed by atoms with E-state index in [-0.39, 0.29) is 18.3 Å². The van der Waals surface area contributed by atoms with E-state index < -0.39 is 17.4 Å². The quantitative estimate of drug-likeness (QED) is 0.104. The molecule has 0 spiro atoms. The van der Waals surface area contributed by atoms with Crippen molar-refractivity contribution in [3.8, 4) is 0 Å². The van der Waals surface area contributed by atoms with Crippen LogP contribution in [0.1, 0.15) is 64.5 Å². The van der Waals surface area contributed by atoms with Gasteiger partial charge in [-0.15, -0.1) is 0 Å². The molecular weight excluding hydrogens is 572 g/mol. The topological polar surface area (TPSA) is 94.5 Å².